The van der Waals surface area contributed by atoms with Gasteiger partial charge in [0.05, 0.1) is 5.92 Å². The Hall–Kier alpha value is -2.23. The number of carbonyl (C=O) groups excluding carboxylic acids is 1. The van der Waals surface area contributed by atoms with Crippen LogP contribution in [0.1, 0.15) is 36.9 Å². The van der Waals surface area contributed by atoms with Crippen LogP contribution < -0.4 is 5.32 Å². The summed E-state index contributed by atoms with van der Waals surface area (Å²) in [4.78, 5) is 16.8. The fourth-order valence-corrected chi connectivity index (χ4v) is 2.30. The highest BCUT2D eigenvalue weighted by atomic mass is 19.1. The van der Waals surface area contributed by atoms with E-state index in [1.54, 1.807) is 18.3 Å². The number of pyridine rings is 1. The van der Waals surface area contributed by atoms with E-state index < -0.39 is 0 Å². The fraction of sp³-hybridized carbons (Fsp3) is 0.333. The second-order valence-corrected chi connectivity index (χ2v) is 5.27. The molecule has 2 rings (SSSR count). The maximum Gasteiger partial charge on any atom is 0.227 e. The molecule has 116 valence electrons. The smallest absolute Gasteiger partial charge is 0.227 e. The maximum absolute atomic E-state index is 13.1. The number of aromatic nitrogens is 1. The summed E-state index contributed by atoms with van der Waals surface area (Å²) < 4.78 is 13.1. The highest BCUT2D eigenvalue weighted by Crippen LogP contribution is 2.21. The molecule has 3 nitrogen and oxygen atoms in total. The number of hydrogen-bond acceptors (Lipinski definition) is 2. The van der Waals surface area contributed by atoms with Gasteiger partial charge in [0, 0.05) is 24.9 Å². The summed E-state index contributed by atoms with van der Waals surface area (Å²) in [6.07, 6.45) is 4.20. The molecule has 0 bridgehead atoms. The Morgan fingerprint density at radius 2 is 2.00 bits per heavy atom. The molecule has 0 saturated carbocycles. The Morgan fingerprint density at radius 1 is 1.23 bits per heavy atom. The second-order valence-electron chi connectivity index (χ2n) is 5.27. The zero-order chi connectivity index (χ0) is 15.8. The van der Waals surface area contributed by atoms with Crippen molar-refractivity contribution < 1.29 is 9.18 Å². The molecule has 1 heterocycles. The predicted octanol–water partition coefficient (Wildman–Crippen LogP) is 3.46. The number of carbonyl (C=O) groups is 1. The summed E-state index contributed by atoms with van der Waals surface area (Å²) in [6.45, 7) is 2.74. The first-order valence-electron chi connectivity index (χ1n) is 7.63. The summed E-state index contributed by atoms with van der Waals surface area (Å²) in [5.41, 5.74) is 1.66. The van der Waals surface area contributed by atoms with Crippen LogP contribution in [0.4, 0.5) is 4.39 Å². The lowest BCUT2D eigenvalue weighted by molar-refractivity contribution is -0.122. The molecule has 0 spiro atoms. The van der Waals surface area contributed by atoms with Gasteiger partial charge in [-0.15, -0.1) is 0 Å². The molecular weight excluding hydrogens is 279 g/mol. The van der Waals surface area contributed by atoms with Gasteiger partial charge in [0.15, 0.2) is 0 Å². The van der Waals surface area contributed by atoms with Gasteiger partial charge < -0.3 is 5.32 Å². The molecule has 0 saturated heterocycles. The van der Waals surface area contributed by atoms with E-state index in [0.717, 1.165) is 24.1 Å². The van der Waals surface area contributed by atoms with E-state index in [0.29, 0.717) is 13.0 Å². The van der Waals surface area contributed by atoms with Crippen molar-refractivity contribution >= 4 is 5.91 Å². The molecule has 0 aliphatic rings. The third-order valence-electron chi connectivity index (χ3n) is 3.56. The quantitative estimate of drug-likeness (QED) is 0.796. The summed E-state index contributed by atoms with van der Waals surface area (Å²) >= 11 is 0. The Morgan fingerprint density at radius 3 is 2.64 bits per heavy atom. The maximum atomic E-state index is 13.1. The lowest BCUT2D eigenvalue weighted by Gasteiger charge is -2.17. The zero-order valence-corrected chi connectivity index (χ0v) is 12.8. The van der Waals surface area contributed by atoms with Crippen molar-refractivity contribution in [1.82, 2.24) is 10.3 Å². The standard InChI is InChI=1S/C18H21FN2O/c1-2-3-11-21-18(22)17(13-16-6-4-5-12-20-16)14-7-9-15(19)10-8-14/h4-10,12,17H,2-3,11,13H2,1H3,(H,21,22). The Bertz CT molecular complexity index is 584. The number of amides is 1. The van der Waals surface area contributed by atoms with Crippen molar-refractivity contribution in [3.05, 3.63) is 65.7 Å². The van der Waals surface area contributed by atoms with E-state index in [1.165, 1.54) is 12.1 Å². The Balaban J connectivity index is 2.16. The third kappa shape index (κ3) is 4.65. The highest BCUT2D eigenvalue weighted by molar-refractivity contribution is 5.83. The molecule has 1 aromatic heterocycles. The van der Waals surface area contributed by atoms with E-state index in [-0.39, 0.29) is 17.6 Å². The van der Waals surface area contributed by atoms with Gasteiger partial charge in [0.25, 0.3) is 0 Å². The van der Waals surface area contributed by atoms with Crippen LogP contribution in [-0.4, -0.2) is 17.4 Å². The summed E-state index contributed by atoms with van der Waals surface area (Å²) in [7, 11) is 0. The van der Waals surface area contributed by atoms with Crippen molar-refractivity contribution in [3.8, 4) is 0 Å². The van der Waals surface area contributed by atoms with Crippen LogP contribution in [0.3, 0.4) is 0 Å². The number of unbranched alkanes of at least 4 members (excludes halogenated alkanes) is 1. The normalized spacial score (nSPS) is 11.9. The average Bonchev–Trinajstić information content (AvgIpc) is 2.55. The lowest BCUT2D eigenvalue weighted by Crippen LogP contribution is -2.31. The van der Waals surface area contributed by atoms with Gasteiger partial charge in [-0.2, -0.15) is 0 Å². The largest absolute Gasteiger partial charge is 0.356 e. The molecule has 1 amide bonds. The van der Waals surface area contributed by atoms with Crippen LogP contribution in [-0.2, 0) is 11.2 Å². The molecule has 1 atom stereocenters. The number of halogens is 1. The summed E-state index contributed by atoms with van der Waals surface area (Å²) in [5.74, 6) is -0.690. The number of nitrogens with one attached hydrogen (secondary N) is 1. The van der Waals surface area contributed by atoms with Crippen molar-refractivity contribution in [2.45, 2.75) is 32.1 Å². The highest BCUT2D eigenvalue weighted by Gasteiger charge is 2.21. The van der Waals surface area contributed by atoms with E-state index in [4.69, 9.17) is 0 Å². The van der Waals surface area contributed by atoms with Gasteiger partial charge in [0.2, 0.25) is 5.91 Å². The third-order valence-corrected chi connectivity index (χ3v) is 3.56. The minimum absolute atomic E-state index is 0.0364. The van der Waals surface area contributed by atoms with Crippen molar-refractivity contribution in [2.75, 3.05) is 6.54 Å². The number of hydrogen-bond donors (Lipinski definition) is 1. The Kier molecular flexibility index (Phi) is 6.07. The molecular formula is C18H21FN2O. The van der Waals surface area contributed by atoms with Gasteiger partial charge in [-0.3, -0.25) is 9.78 Å². The first-order valence-corrected chi connectivity index (χ1v) is 7.63. The van der Waals surface area contributed by atoms with Crippen molar-refractivity contribution in [2.24, 2.45) is 0 Å². The van der Waals surface area contributed by atoms with Gasteiger partial charge in [-0.1, -0.05) is 31.5 Å². The van der Waals surface area contributed by atoms with Crippen LogP contribution in [0.15, 0.2) is 48.7 Å². The van der Waals surface area contributed by atoms with Crippen LogP contribution in [0.25, 0.3) is 0 Å². The van der Waals surface area contributed by atoms with E-state index in [2.05, 4.69) is 17.2 Å². The molecule has 1 unspecified atom stereocenters. The molecule has 1 aromatic carbocycles. The van der Waals surface area contributed by atoms with E-state index in [1.807, 2.05) is 18.2 Å². The van der Waals surface area contributed by atoms with Gasteiger partial charge in [0.1, 0.15) is 5.82 Å². The lowest BCUT2D eigenvalue weighted by atomic mass is 9.93. The molecule has 0 aliphatic carbocycles. The Labute approximate surface area is 130 Å². The van der Waals surface area contributed by atoms with Crippen LogP contribution in [0, 0.1) is 5.82 Å². The fourth-order valence-electron chi connectivity index (χ4n) is 2.30. The average molecular weight is 300 g/mol. The SMILES string of the molecule is CCCCNC(=O)C(Cc1ccccn1)c1ccc(F)cc1. The summed E-state index contributed by atoms with van der Waals surface area (Å²) in [6, 6.07) is 11.8. The molecule has 4 heteroatoms. The van der Waals surface area contributed by atoms with Crippen LogP contribution in [0.5, 0.6) is 0 Å². The molecule has 22 heavy (non-hydrogen) atoms. The minimum Gasteiger partial charge on any atom is -0.356 e. The van der Waals surface area contributed by atoms with Gasteiger partial charge >= 0.3 is 0 Å². The minimum atomic E-state index is -0.354. The van der Waals surface area contributed by atoms with Gasteiger partial charge in [-0.05, 0) is 36.2 Å². The van der Waals surface area contributed by atoms with Crippen molar-refractivity contribution in [1.29, 1.82) is 0 Å². The number of nitrogens with zero attached hydrogens (tertiary/aromatic N) is 1. The molecule has 2 aromatic rings. The molecule has 0 radical (unpaired) electrons. The van der Waals surface area contributed by atoms with E-state index >= 15 is 0 Å². The molecule has 0 fully saturated rings. The van der Waals surface area contributed by atoms with E-state index in [9.17, 15) is 9.18 Å². The number of rotatable bonds is 7. The summed E-state index contributed by atoms with van der Waals surface area (Å²) in [5, 5.41) is 2.96. The zero-order valence-electron chi connectivity index (χ0n) is 12.8. The van der Waals surface area contributed by atoms with Crippen LogP contribution in [0.2, 0.25) is 0 Å². The van der Waals surface area contributed by atoms with Crippen LogP contribution >= 0.6 is 0 Å². The van der Waals surface area contributed by atoms with Gasteiger partial charge in [-0.25, -0.2) is 4.39 Å². The number of benzene rings is 1. The van der Waals surface area contributed by atoms with Crippen molar-refractivity contribution in [3.63, 3.8) is 0 Å². The predicted molar refractivity (Wildman–Crippen MR) is 85.0 cm³/mol. The second kappa shape index (κ2) is 8.27. The molecule has 1 N–H and O–H groups in total. The first kappa shape index (κ1) is 16.1. The first-order chi connectivity index (χ1) is 10.7. The molecule has 0 aliphatic heterocycles. The topological polar surface area (TPSA) is 42.0 Å². The monoisotopic (exact) mass is 300 g/mol.